The molecule has 40 heavy (non-hydrogen) atoms. The van der Waals surface area contributed by atoms with Crippen molar-refractivity contribution < 1.29 is 4.79 Å². The third kappa shape index (κ3) is 4.39. The first-order valence-electron chi connectivity index (χ1n) is 13.3. The van der Waals surface area contributed by atoms with Crippen molar-refractivity contribution in [3.8, 4) is 5.69 Å². The number of hydrogen-bond donors (Lipinski definition) is 2. The van der Waals surface area contributed by atoms with Gasteiger partial charge in [-0.15, -0.1) is 0 Å². The van der Waals surface area contributed by atoms with Crippen LogP contribution < -0.4 is 5.32 Å². The minimum Gasteiger partial charge on any atom is -0.352 e. The Hall–Kier alpha value is -5.24. The van der Waals surface area contributed by atoms with E-state index in [1.165, 1.54) is 16.3 Å². The van der Waals surface area contributed by atoms with E-state index in [-0.39, 0.29) is 5.91 Å². The van der Waals surface area contributed by atoms with Gasteiger partial charge in [-0.25, -0.2) is 15.0 Å². The molecule has 7 rings (SSSR count). The largest absolute Gasteiger partial charge is 0.352 e. The molecule has 2 N–H and O–H groups in total. The number of benzene rings is 4. The van der Waals surface area contributed by atoms with Gasteiger partial charge in [0.25, 0.3) is 5.91 Å². The van der Waals surface area contributed by atoms with Crippen LogP contribution in [0.5, 0.6) is 0 Å². The lowest BCUT2D eigenvalue weighted by Gasteiger charge is -2.08. The second kappa shape index (κ2) is 9.81. The fraction of sp³-hybridized carbons (Fsp3) is 0.125. The normalized spacial score (nSPS) is 11.5. The quantitative estimate of drug-likeness (QED) is 0.293. The molecule has 7 aromatic rings. The van der Waals surface area contributed by atoms with E-state index in [9.17, 15) is 4.79 Å². The maximum atomic E-state index is 13.0. The van der Waals surface area contributed by atoms with E-state index in [4.69, 9.17) is 9.97 Å². The Kier molecular flexibility index (Phi) is 5.85. The van der Waals surface area contributed by atoms with Gasteiger partial charge >= 0.3 is 0 Å². The van der Waals surface area contributed by atoms with Crippen LogP contribution in [0.3, 0.4) is 0 Å². The summed E-state index contributed by atoms with van der Waals surface area (Å²) in [5, 5.41) is 5.52. The number of hydrogen-bond acceptors (Lipinski definition) is 4. The number of nitrogens with zero attached hydrogens (tertiary/aromatic N) is 5. The van der Waals surface area contributed by atoms with Gasteiger partial charge in [-0.1, -0.05) is 42.5 Å². The first-order chi connectivity index (χ1) is 19.6. The smallest absolute Gasteiger partial charge is 0.251 e. The second-order valence-corrected chi connectivity index (χ2v) is 9.97. The van der Waals surface area contributed by atoms with E-state index >= 15 is 0 Å². The van der Waals surface area contributed by atoms with Crippen LogP contribution >= 0.6 is 0 Å². The Morgan fingerprint density at radius 2 is 1.85 bits per heavy atom. The average molecular weight is 526 g/mol. The van der Waals surface area contributed by atoms with Crippen molar-refractivity contribution in [2.75, 3.05) is 6.54 Å². The van der Waals surface area contributed by atoms with Crippen molar-refractivity contribution >= 4 is 38.7 Å². The van der Waals surface area contributed by atoms with Crippen LogP contribution in [0.15, 0.2) is 97.6 Å². The Balaban J connectivity index is 1.07. The van der Waals surface area contributed by atoms with Gasteiger partial charge in [-0.3, -0.25) is 4.79 Å². The summed E-state index contributed by atoms with van der Waals surface area (Å²) in [6, 6.07) is 26.4. The molecule has 0 saturated heterocycles. The van der Waals surface area contributed by atoms with E-state index in [1.807, 2.05) is 64.8 Å². The maximum Gasteiger partial charge on any atom is 0.251 e. The zero-order valence-corrected chi connectivity index (χ0v) is 22.0. The molecule has 3 heterocycles. The summed E-state index contributed by atoms with van der Waals surface area (Å²) in [5.41, 5.74) is 6.49. The van der Waals surface area contributed by atoms with Crippen LogP contribution in [-0.4, -0.2) is 41.5 Å². The number of aromatic amines is 1. The van der Waals surface area contributed by atoms with Crippen molar-refractivity contribution in [1.82, 2.24) is 34.4 Å². The number of amides is 1. The molecular formula is C32H27N7O. The van der Waals surface area contributed by atoms with Crippen LogP contribution in [0.4, 0.5) is 0 Å². The van der Waals surface area contributed by atoms with Crippen molar-refractivity contribution in [2.45, 2.75) is 12.8 Å². The highest BCUT2D eigenvalue weighted by Crippen LogP contribution is 2.22. The second-order valence-electron chi connectivity index (χ2n) is 9.97. The molecule has 0 aliphatic heterocycles. The molecule has 0 saturated carbocycles. The van der Waals surface area contributed by atoms with E-state index in [2.05, 4.69) is 51.7 Å². The molecule has 8 heteroatoms. The average Bonchev–Trinajstić information content (AvgIpc) is 3.72. The topological polar surface area (TPSA) is 93.4 Å². The molecule has 0 fully saturated rings. The molecule has 0 radical (unpaired) electrons. The van der Waals surface area contributed by atoms with Crippen LogP contribution in [0, 0.1) is 0 Å². The van der Waals surface area contributed by atoms with Gasteiger partial charge < -0.3 is 19.4 Å². The first-order valence-corrected chi connectivity index (χ1v) is 13.3. The zero-order valence-electron chi connectivity index (χ0n) is 22.0. The van der Waals surface area contributed by atoms with Gasteiger partial charge in [0.2, 0.25) is 0 Å². The minimum absolute atomic E-state index is 0.0872. The summed E-state index contributed by atoms with van der Waals surface area (Å²) in [7, 11) is 1.98. The lowest BCUT2D eigenvalue weighted by Crippen LogP contribution is -2.25. The molecule has 4 aromatic carbocycles. The lowest BCUT2D eigenvalue weighted by molar-refractivity contribution is 0.0954. The Morgan fingerprint density at radius 1 is 0.950 bits per heavy atom. The SMILES string of the molecule is Cn1c(Cc2nc3cc(-n4ccnc4)ccc3[nH]2)nc2ccc(C(=O)NCCc3cccc4ccccc34)cc21. The number of nitrogens with one attached hydrogen (secondary N) is 2. The molecule has 0 aliphatic rings. The lowest BCUT2D eigenvalue weighted by atomic mass is 10.0. The summed E-state index contributed by atoms with van der Waals surface area (Å²) < 4.78 is 3.99. The standard InChI is InChI=1S/C32H27N7O/c1-38-29-17-23(32(40)34-14-13-22-7-4-6-21-5-2-3-8-25(21)22)9-11-27(29)37-31(38)19-30-35-26-12-10-24(18-28(26)36-30)39-16-15-33-20-39/h2-12,15-18,20H,13-14,19H2,1H3,(H,34,40)(H,35,36). The fourth-order valence-corrected chi connectivity index (χ4v) is 5.32. The molecule has 0 bridgehead atoms. The molecule has 3 aromatic heterocycles. The van der Waals surface area contributed by atoms with E-state index in [1.54, 1.807) is 12.5 Å². The van der Waals surface area contributed by atoms with Crippen LogP contribution in [0.25, 0.3) is 38.5 Å². The van der Waals surface area contributed by atoms with Crippen molar-refractivity contribution in [3.05, 3.63) is 120 Å². The third-order valence-corrected chi connectivity index (χ3v) is 7.44. The maximum absolute atomic E-state index is 13.0. The predicted molar refractivity (Wildman–Crippen MR) is 157 cm³/mol. The van der Waals surface area contributed by atoms with Gasteiger partial charge in [0.05, 0.1) is 34.8 Å². The molecule has 1 amide bonds. The predicted octanol–water partition coefficient (Wildman–Crippen LogP) is 5.35. The number of carbonyl (C=O) groups excluding carboxylic acids is 1. The van der Waals surface area contributed by atoms with Crippen LogP contribution in [0.1, 0.15) is 27.6 Å². The highest BCUT2D eigenvalue weighted by atomic mass is 16.1. The summed E-state index contributed by atoms with van der Waals surface area (Å²) in [6.07, 6.45) is 6.76. The number of fused-ring (bicyclic) bond motifs is 3. The number of H-pyrrole nitrogens is 1. The van der Waals surface area contributed by atoms with Crippen molar-refractivity contribution in [1.29, 1.82) is 0 Å². The van der Waals surface area contributed by atoms with E-state index < -0.39 is 0 Å². The summed E-state index contributed by atoms with van der Waals surface area (Å²) in [4.78, 5) is 30.2. The monoisotopic (exact) mass is 525 g/mol. The molecule has 0 aliphatic carbocycles. The number of aryl methyl sites for hydroxylation is 1. The van der Waals surface area contributed by atoms with Gasteiger partial charge in [0.15, 0.2) is 0 Å². The first kappa shape index (κ1) is 23.8. The van der Waals surface area contributed by atoms with Crippen molar-refractivity contribution in [3.63, 3.8) is 0 Å². The number of carbonyl (C=O) groups is 1. The zero-order chi connectivity index (χ0) is 27.1. The van der Waals surface area contributed by atoms with Gasteiger partial charge in [-0.2, -0.15) is 0 Å². The molecule has 8 nitrogen and oxygen atoms in total. The fourth-order valence-electron chi connectivity index (χ4n) is 5.32. The molecule has 0 spiro atoms. The van der Waals surface area contributed by atoms with Gasteiger partial charge in [0.1, 0.15) is 11.6 Å². The van der Waals surface area contributed by atoms with E-state index in [0.717, 1.165) is 45.8 Å². The number of rotatable bonds is 7. The Labute approximate surface area is 230 Å². The molecule has 196 valence electrons. The summed E-state index contributed by atoms with van der Waals surface area (Å²) >= 11 is 0. The number of imidazole rings is 3. The van der Waals surface area contributed by atoms with Crippen LogP contribution in [-0.2, 0) is 19.9 Å². The van der Waals surface area contributed by atoms with Crippen LogP contribution in [0.2, 0.25) is 0 Å². The van der Waals surface area contributed by atoms with Crippen molar-refractivity contribution in [2.24, 2.45) is 7.05 Å². The van der Waals surface area contributed by atoms with E-state index in [0.29, 0.717) is 18.5 Å². The Bertz CT molecular complexity index is 1990. The molecule has 0 atom stereocenters. The number of aromatic nitrogens is 6. The molecular weight excluding hydrogens is 498 g/mol. The molecule has 0 unspecified atom stereocenters. The minimum atomic E-state index is -0.0872. The summed E-state index contributed by atoms with van der Waals surface area (Å²) in [5.74, 6) is 1.62. The third-order valence-electron chi connectivity index (χ3n) is 7.44. The highest BCUT2D eigenvalue weighted by Gasteiger charge is 2.14. The Morgan fingerprint density at radius 3 is 2.75 bits per heavy atom. The highest BCUT2D eigenvalue weighted by molar-refractivity contribution is 5.97. The van der Waals surface area contributed by atoms with Gasteiger partial charge in [-0.05, 0) is 59.2 Å². The van der Waals surface area contributed by atoms with Gasteiger partial charge in [0, 0.05) is 37.2 Å². The summed E-state index contributed by atoms with van der Waals surface area (Å²) in [6.45, 7) is 0.566.